The average Bonchev–Trinajstić information content (AvgIpc) is 2.55. The summed E-state index contributed by atoms with van der Waals surface area (Å²) >= 11 is 1.45. The number of nitrogens with two attached hydrogens (primary N) is 1. The molecule has 0 spiro atoms. The minimum absolute atomic E-state index is 0.0300. The van der Waals surface area contributed by atoms with E-state index in [9.17, 15) is 5.11 Å². The van der Waals surface area contributed by atoms with Crippen LogP contribution in [-0.2, 0) is 0 Å². The quantitative estimate of drug-likeness (QED) is 0.493. The molecule has 0 aliphatic rings. The van der Waals surface area contributed by atoms with Gasteiger partial charge in [-0.1, -0.05) is 0 Å². The molecule has 64 valence electrons. The van der Waals surface area contributed by atoms with Crippen LogP contribution in [0.1, 0.15) is 5.56 Å². The van der Waals surface area contributed by atoms with Gasteiger partial charge >= 0.3 is 0 Å². The monoisotopic (exact) mass is 190 g/mol. The molecule has 1 heterocycles. The number of phenolic OH excluding ortho intramolecular Hbond substituents is 1. The summed E-state index contributed by atoms with van der Waals surface area (Å²) in [6.45, 7) is 0. The second-order valence-corrected chi connectivity index (χ2v) is 3.54. The lowest BCUT2D eigenvalue weighted by atomic mass is 10.1. The van der Waals surface area contributed by atoms with E-state index in [2.05, 4.69) is 0 Å². The van der Waals surface area contributed by atoms with Crippen molar-refractivity contribution in [3.8, 4) is 11.8 Å². The molecular formula is C9H6N2OS. The second kappa shape index (κ2) is 2.64. The highest BCUT2D eigenvalue weighted by Gasteiger charge is 2.09. The number of hydrogen-bond donors (Lipinski definition) is 2. The fourth-order valence-electron chi connectivity index (χ4n) is 1.23. The third-order valence-electron chi connectivity index (χ3n) is 1.88. The number of nitrogen functional groups attached to an aromatic ring is 1. The molecule has 0 saturated carbocycles. The van der Waals surface area contributed by atoms with Gasteiger partial charge in [0, 0.05) is 15.5 Å². The molecule has 0 radical (unpaired) electrons. The number of thiophene rings is 1. The molecule has 2 aromatic rings. The number of aromatic hydroxyl groups is 1. The van der Waals surface area contributed by atoms with E-state index < -0.39 is 0 Å². The first-order chi connectivity index (χ1) is 6.24. The van der Waals surface area contributed by atoms with Gasteiger partial charge < -0.3 is 10.8 Å². The van der Waals surface area contributed by atoms with Crippen LogP contribution in [0.25, 0.3) is 10.1 Å². The van der Waals surface area contributed by atoms with Gasteiger partial charge in [0.05, 0.1) is 11.3 Å². The van der Waals surface area contributed by atoms with Crippen molar-refractivity contribution in [3.05, 3.63) is 23.1 Å². The smallest absolute Gasteiger partial charge is 0.139 e. The summed E-state index contributed by atoms with van der Waals surface area (Å²) in [5.74, 6) is 0.0300. The molecule has 0 unspecified atom stereocenters. The summed E-state index contributed by atoms with van der Waals surface area (Å²) in [5.41, 5.74) is 6.45. The normalized spacial score (nSPS) is 10.1. The topological polar surface area (TPSA) is 70.0 Å². The lowest BCUT2D eigenvalue weighted by molar-refractivity contribution is 0.479. The van der Waals surface area contributed by atoms with Gasteiger partial charge in [-0.25, -0.2) is 0 Å². The van der Waals surface area contributed by atoms with E-state index in [-0.39, 0.29) is 11.4 Å². The molecule has 0 saturated heterocycles. The second-order valence-electron chi connectivity index (χ2n) is 2.63. The number of benzene rings is 1. The van der Waals surface area contributed by atoms with Gasteiger partial charge in [0.25, 0.3) is 0 Å². The summed E-state index contributed by atoms with van der Waals surface area (Å²) in [4.78, 5) is 0. The van der Waals surface area contributed by atoms with E-state index >= 15 is 0 Å². The number of anilines is 1. The molecule has 0 bridgehead atoms. The SMILES string of the molecule is N#Cc1csc2ccc(O)c(N)c12. The maximum absolute atomic E-state index is 9.33. The Bertz CT molecular complexity index is 510. The molecule has 0 aliphatic heterocycles. The molecule has 13 heavy (non-hydrogen) atoms. The Labute approximate surface area is 78.6 Å². The zero-order valence-electron chi connectivity index (χ0n) is 6.61. The fourth-order valence-corrected chi connectivity index (χ4v) is 2.13. The summed E-state index contributed by atoms with van der Waals surface area (Å²) in [5, 5.41) is 20.5. The van der Waals surface area contributed by atoms with E-state index in [4.69, 9.17) is 11.0 Å². The van der Waals surface area contributed by atoms with Crippen molar-refractivity contribution in [2.75, 3.05) is 5.73 Å². The Morgan fingerprint density at radius 1 is 1.46 bits per heavy atom. The highest BCUT2D eigenvalue weighted by atomic mass is 32.1. The minimum atomic E-state index is 0.0300. The molecule has 4 heteroatoms. The zero-order chi connectivity index (χ0) is 9.42. The first-order valence-electron chi connectivity index (χ1n) is 3.63. The highest BCUT2D eigenvalue weighted by molar-refractivity contribution is 7.17. The van der Waals surface area contributed by atoms with Crippen molar-refractivity contribution in [2.45, 2.75) is 0 Å². The summed E-state index contributed by atoms with van der Waals surface area (Å²) in [6, 6.07) is 5.33. The number of hydrogen-bond acceptors (Lipinski definition) is 4. The van der Waals surface area contributed by atoms with Crippen molar-refractivity contribution in [2.24, 2.45) is 0 Å². The molecule has 1 aromatic carbocycles. The van der Waals surface area contributed by atoms with Crippen LogP contribution in [0.2, 0.25) is 0 Å². The van der Waals surface area contributed by atoms with Gasteiger partial charge in [0.15, 0.2) is 0 Å². The van der Waals surface area contributed by atoms with Crippen molar-refractivity contribution >= 4 is 27.1 Å². The Kier molecular flexibility index (Phi) is 1.61. The maximum Gasteiger partial charge on any atom is 0.139 e. The first-order valence-corrected chi connectivity index (χ1v) is 4.50. The van der Waals surface area contributed by atoms with Crippen LogP contribution in [-0.4, -0.2) is 5.11 Å². The van der Waals surface area contributed by atoms with E-state index in [1.54, 1.807) is 11.4 Å². The van der Waals surface area contributed by atoms with Gasteiger partial charge in [0.1, 0.15) is 11.8 Å². The van der Waals surface area contributed by atoms with Gasteiger partial charge in [-0.2, -0.15) is 5.26 Å². The Morgan fingerprint density at radius 3 is 2.92 bits per heavy atom. The first kappa shape index (κ1) is 7.90. The Hall–Kier alpha value is -1.73. The molecular weight excluding hydrogens is 184 g/mol. The van der Waals surface area contributed by atoms with Crippen molar-refractivity contribution in [3.63, 3.8) is 0 Å². The molecule has 2 rings (SSSR count). The number of nitrogens with zero attached hydrogens (tertiary/aromatic N) is 1. The largest absolute Gasteiger partial charge is 0.506 e. The van der Waals surface area contributed by atoms with Gasteiger partial charge in [-0.3, -0.25) is 0 Å². The van der Waals surface area contributed by atoms with Crippen LogP contribution >= 0.6 is 11.3 Å². The Balaban J connectivity index is 2.95. The minimum Gasteiger partial charge on any atom is -0.506 e. The van der Waals surface area contributed by atoms with Crippen LogP contribution in [0.5, 0.6) is 5.75 Å². The van der Waals surface area contributed by atoms with Crippen LogP contribution in [0, 0.1) is 11.3 Å². The van der Waals surface area contributed by atoms with E-state index in [1.807, 2.05) is 6.07 Å². The molecule has 3 nitrogen and oxygen atoms in total. The summed E-state index contributed by atoms with van der Waals surface area (Å²) in [6.07, 6.45) is 0. The van der Waals surface area contributed by atoms with Gasteiger partial charge in [0.2, 0.25) is 0 Å². The predicted octanol–water partition coefficient (Wildman–Crippen LogP) is 2.06. The van der Waals surface area contributed by atoms with Crippen molar-refractivity contribution < 1.29 is 5.11 Å². The van der Waals surface area contributed by atoms with Gasteiger partial charge in [-0.15, -0.1) is 11.3 Å². The lowest BCUT2D eigenvalue weighted by Crippen LogP contribution is -1.86. The lowest BCUT2D eigenvalue weighted by Gasteiger charge is -1.99. The van der Waals surface area contributed by atoms with Crippen LogP contribution in [0.4, 0.5) is 5.69 Å². The summed E-state index contributed by atoms with van der Waals surface area (Å²) in [7, 11) is 0. The highest BCUT2D eigenvalue weighted by Crippen LogP contribution is 2.35. The molecule has 3 N–H and O–H groups in total. The molecule has 0 aliphatic carbocycles. The molecule has 0 amide bonds. The van der Waals surface area contributed by atoms with Crippen molar-refractivity contribution in [1.29, 1.82) is 5.26 Å². The van der Waals surface area contributed by atoms with E-state index in [0.717, 1.165) is 4.70 Å². The Morgan fingerprint density at radius 2 is 2.23 bits per heavy atom. The maximum atomic E-state index is 9.33. The third-order valence-corrected chi connectivity index (χ3v) is 2.83. The third kappa shape index (κ3) is 1.02. The van der Waals surface area contributed by atoms with Crippen LogP contribution in [0.3, 0.4) is 0 Å². The summed E-state index contributed by atoms with van der Waals surface area (Å²) < 4.78 is 0.923. The van der Waals surface area contributed by atoms with Crippen LogP contribution < -0.4 is 5.73 Å². The number of phenols is 1. The average molecular weight is 190 g/mol. The van der Waals surface area contributed by atoms with Gasteiger partial charge in [-0.05, 0) is 12.1 Å². The van der Waals surface area contributed by atoms with Crippen LogP contribution in [0.15, 0.2) is 17.5 Å². The molecule has 0 atom stereocenters. The van der Waals surface area contributed by atoms with E-state index in [0.29, 0.717) is 10.9 Å². The molecule has 1 aromatic heterocycles. The van der Waals surface area contributed by atoms with Crippen molar-refractivity contribution in [1.82, 2.24) is 0 Å². The number of rotatable bonds is 0. The van der Waals surface area contributed by atoms with E-state index in [1.165, 1.54) is 17.4 Å². The fraction of sp³-hybridized carbons (Fsp3) is 0. The zero-order valence-corrected chi connectivity index (χ0v) is 7.43. The number of fused-ring (bicyclic) bond motifs is 1. The standard InChI is InChI=1S/C9H6N2OS/c10-3-5-4-13-7-2-1-6(12)9(11)8(5)7/h1-2,4,12H,11H2. The predicted molar refractivity (Wildman–Crippen MR) is 52.6 cm³/mol. The number of nitriles is 1. The molecule has 0 fully saturated rings.